The van der Waals surface area contributed by atoms with Crippen LogP contribution >= 0.6 is 0 Å². The SMILES string of the molecule is C=C(O)COCCCCN(c1cnc(-c2ccccc2)c(C2=CCCC=C2)n1)C(C)C. The van der Waals surface area contributed by atoms with Gasteiger partial charge in [-0.3, -0.25) is 4.98 Å². The Balaban J connectivity index is 1.81. The quantitative estimate of drug-likeness (QED) is 0.360. The summed E-state index contributed by atoms with van der Waals surface area (Å²) in [6.07, 6.45) is 12.5. The second kappa shape index (κ2) is 11.5. The van der Waals surface area contributed by atoms with Crippen molar-refractivity contribution in [3.63, 3.8) is 0 Å². The second-order valence-electron chi connectivity index (χ2n) is 8.04. The lowest BCUT2D eigenvalue weighted by Crippen LogP contribution is -2.33. The van der Waals surface area contributed by atoms with Gasteiger partial charge in [0.05, 0.1) is 17.6 Å². The van der Waals surface area contributed by atoms with Crippen molar-refractivity contribution < 1.29 is 9.84 Å². The Labute approximate surface area is 185 Å². The number of benzene rings is 1. The fourth-order valence-corrected chi connectivity index (χ4v) is 3.63. The van der Waals surface area contributed by atoms with Gasteiger partial charge in [-0.15, -0.1) is 0 Å². The Hall–Kier alpha value is -2.92. The normalized spacial score (nSPS) is 13.3. The number of aliphatic hydroxyl groups is 1. The van der Waals surface area contributed by atoms with Gasteiger partial charge in [-0.25, -0.2) is 4.98 Å². The van der Waals surface area contributed by atoms with E-state index in [0.29, 0.717) is 12.6 Å². The van der Waals surface area contributed by atoms with Gasteiger partial charge in [0.15, 0.2) is 0 Å². The van der Waals surface area contributed by atoms with Crippen LogP contribution in [0.1, 0.15) is 45.2 Å². The van der Waals surface area contributed by atoms with Crippen molar-refractivity contribution >= 4 is 11.4 Å². The van der Waals surface area contributed by atoms with Crippen LogP contribution in [0.4, 0.5) is 5.82 Å². The molecule has 164 valence electrons. The van der Waals surface area contributed by atoms with Crippen LogP contribution in [0.3, 0.4) is 0 Å². The zero-order valence-corrected chi connectivity index (χ0v) is 18.6. The third kappa shape index (κ3) is 6.53. The van der Waals surface area contributed by atoms with Crippen LogP contribution in [0.15, 0.2) is 67.1 Å². The monoisotopic (exact) mass is 419 g/mol. The Morgan fingerprint density at radius 2 is 1.97 bits per heavy atom. The van der Waals surface area contributed by atoms with E-state index in [-0.39, 0.29) is 12.4 Å². The Kier molecular flexibility index (Phi) is 8.42. The van der Waals surface area contributed by atoms with E-state index in [2.05, 4.69) is 55.7 Å². The number of ether oxygens (including phenoxy) is 1. The maximum absolute atomic E-state index is 9.10. The molecule has 0 radical (unpaired) electrons. The predicted octanol–water partition coefficient (Wildman–Crippen LogP) is 5.96. The molecule has 1 aliphatic carbocycles. The van der Waals surface area contributed by atoms with Crippen molar-refractivity contribution in [3.05, 3.63) is 72.8 Å². The first-order valence-electron chi connectivity index (χ1n) is 11.1. The van der Waals surface area contributed by atoms with Gasteiger partial charge in [-0.1, -0.05) is 55.1 Å². The molecule has 0 bridgehead atoms. The highest BCUT2D eigenvalue weighted by Gasteiger charge is 2.18. The van der Waals surface area contributed by atoms with Crippen molar-refractivity contribution in [2.45, 2.75) is 45.6 Å². The Bertz CT molecular complexity index is 920. The standard InChI is InChI=1S/C26H33N3O2/c1-20(2)29(16-10-11-17-31-19-21(3)30)24-18-27-25(22-12-6-4-7-13-22)26(28-24)23-14-8-5-9-15-23/h4,6-8,12-15,18,20,30H,3,5,9-11,16-17,19H2,1-2H3. The van der Waals surface area contributed by atoms with Crippen molar-refractivity contribution in [2.75, 3.05) is 24.7 Å². The highest BCUT2D eigenvalue weighted by atomic mass is 16.5. The van der Waals surface area contributed by atoms with Gasteiger partial charge in [0.2, 0.25) is 0 Å². The highest BCUT2D eigenvalue weighted by Crippen LogP contribution is 2.30. The van der Waals surface area contributed by atoms with Crippen LogP contribution in [0.5, 0.6) is 0 Å². The molecule has 0 aliphatic heterocycles. The molecule has 0 atom stereocenters. The molecule has 5 heteroatoms. The summed E-state index contributed by atoms with van der Waals surface area (Å²) in [5, 5.41) is 9.10. The lowest BCUT2D eigenvalue weighted by Gasteiger charge is -2.28. The number of anilines is 1. The van der Waals surface area contributed by atoms with Crippen LogP contribution in [-0.4, -0.2) is 40.9 Å². The van der Waals surface area contributed by atoms with E-state index in [1.54, 1.807) is 0 Å². The molecular formula is C26H33N3O2. The first-order chi connectivity index (χ1) is 15.1. The van der Waals surface area contributed by atoms with Crippen LogP contribution in [-0.2, 0) is 4.74 Å². The molecular weight excluding hydrogens is 386 g/mol. The van der Waals surface area contributed by atoms with E-state index in [0.717, 1.165) is 60.6 Å². The molecule has 0 amide bonds. The molecule has 0 fully saturated rings. The van der Waals surface area contributed by atoms with Crippen molar-refractivity contribution in [1.82, 2.24) is 9.97 Å². The molecule has 0 unspecified atom stereocenters. The van der Waals surface area contributed by atoms with Crippen molar-refractivity contribution in [3.8, 4) is 11.3 Å². The average Bonchev–Trinajstić information content (AvgIpc) is 2.79. The minimum atomic E-state index is 0.0659. The summed E-state index contributed by atoms with van der Waals surface area (Å²) in [6.45, 7) is 9.47. The first-order valence-corrected chi connectivity index (χ1v) is 11.1. The van der Waals surface area contributed by atoms with E-state index in [4.69, 9.17) is 19.8 Å². The highest BCUT2D eigenvalue weighted by molar-refractivity contribution is 5.82. The summed E-state index contributed by atoms with van der Waals surface area (Å²) >= 11 is 0. The van der Waals surface area contributed by atoms with E-state index in [1.807, 2.05) is 24.4 Å². The van der Waals surface area contributed by atoms with Gasteiger partial charge in [0.25, 0.3) is 0 Å². The fraction of sp³-hybridized carbons (Fsp3) is 0.385. The van der Waals surface area contributed by atoms with E-state index in [1.165, 1.54) is 0 Å². The third-order valence-electron chi connectivity index (χ3n) is 5.20. The molecule has 1 aliphatic rings. The number of aromatic nitrogens is 2. The molecule has 1 aromatic heterocycles. The zero-order valence-electron chi connectivity index (χ0n) is 18.6. The summed E-state index contributed by atoms with van der Waals surface area (Å²) in [6, 6.07) is 10.6. The summed E-state index contributed by atoms with van der Waals surface area (Å²) in [5.74, 6) is 0.963. The number of allylic oxidation sites excluding steroid dienone is 4. The minimum absolute atomic E-state index is 0.0659. The topological polar surface area (TPSA) is 58.5 Å². The van der Waals surface area contributed by atoms with E-state index < -0.39 is 0 Å². The molecule has 0 spiro atoms. The second-order valence-corrected chi connectivity index (χ2v) is 8.04. The lowest BCUT2D eigenvalue weighted by molar-refractivity contribution is 0.125. The number of nitrogens with zero attached hydrogens (tertiary/aromatic N) is 3. The summed E-state index contributed by atoms with van der Waals surface area (Å²) in [4.78, 5) is 12.3. The smallest absolute Gasteiger partial charge is 0.148 e. The number of unbranched alkanes of at least 4 members (excludes halogenated alkanes) is 1. The summed E-state index contributed by atoms with van der Waals surface area (Å²) in [7, 11) is 0. The Morgan fingerprint density at radius 3 is 2.65 bits per heavy atom. The van der Waals surface area contributed by atoms with Crippen LogP contribution in [0.2, 0.25) is 0 Å². The maximum atomic E-state index is 9.10. The molecule has 0 saturated heterocycles. The molecule has 1 aromatic carbocycles. The number of hydrogen-bond donors (Lipinski definition) is 1. The largest absolute Gasteiger partial charge is 0.510 e. The predicted molar refractivity (Wildman–Crippen MR) is 128 cm³/mol. The third-order valence-corrected chi connectivity index (χ3v) is 5.20. The molecule has 0 saturated carbocycles. The zero-order chi connectivity index (χ0) is 22.1. The van der Waals surface area contributed by atoms with Crippen molar-refractivity contribution in [1.29, 1.82) is 0 Å². The van der Waals surface area contributed by atoms with Gasteiger partial charge < -0.3 is 14.7 Å². The van der Waals surface area contributed by atoms with Crippen LogP contribution in [0, 0.1) is 0 Å². The van der Waals surface area contributed by atoms with Gasteiger partial charge in [0, 0.05) is 24.8 Å². The Morgan fingerprint density at radius 1 is 1.16 bits per heavy atom. The average molecular weight is 420 g/mol. The van der Waals surface area contributed by atoms with Gasteiger partial charge in [0.1, 0.15) is 18.2 Å². The fourth-order valence-electron chi connectivity index (χ4n) is 3.63. The van der Waals surface area contributed by atoms with Crippen LogP contribution in [0.25, 0.3) is 16.8 Å². The van der Waals surface area contributed by atoms with Crippen LogP contribution < -0.4 is 4.90 Å². The summed E-state index contributed by atoms with van der Waals surface area (Å²) < 4.78 is 5.40. The molecule has 1 N–H and O–H groups in total. The molecule has 3 rings (SSSR count). The number of rotatable bonds is 11. The molecule has 31 heavy (non-hydrogen) atoms. The lowest BCUT2D eigenvalue weighted by atomic mass is 9.99. The van der Waals surface area contributed by atoms with E-state index in [9.17, 15) is 0 Å². The number of aliphatic hydroxyl groups excluding tert-OH is 1. The van der Waals surface area contributed by atoms with Crippen molar-refractivity contribution in [2.24, 2.45) is 0 Å². The number of hydrogen-bond acceptors (Lipinski definition) is 5. The summed E-state index contributed by atoms with van der Waals surface area (Å²) in [5.41, 5.74) is 4.08. The van der Waals surface area contributed by atoms with E-state index >= 15 is 0 Å². The molecule has 5 nitrogen and oxygen atoms in total. The maximum Gasteiger partial charge on any atom is 0.148 e. The van der Waals surface area contributed by atoms with Gasteiger partial charge in [-0.2, -0.15) is 0 Å². The van der Waals surface area contributed by atoms with Gasteiger partial charge >= 0.3 is 0 Å². The van der Waals surface area contributed by atoms with Gasteiger partial charge in [-0.05, 0) is 45.1 Å². The first kappa shape index (κ1) is 22.8. The minimum Gasteiger partial charge on any atom is -0.510 e. The molecule has 2 aromatic rings. The molecule has 1 heterocycles.